The van der Waals surface area contributed by atoms with Gasteiger partial charge in [-0.25, -0.2) is 0 Å². The van der Waals surface area contributed by atoms with Crippen molar-refractivity contribution in [3.8, 4) is 5.75 Å². The number of benzene rings is 1. The third-order valence-corrected chi connectivity index (χ3v) is 3.34. The van der Waals surface area contributed by atoms with Crippen LogP contribution in [0, 0.1) is 10.1 Å². The number of likely N-dealkylation sites (tertiary alicyclic amines) is 1. The highest BCUT2D eigenvalue weighted by atomic mass is 16.6. The maximum atomic E-state index is 11.0. The normalized spacial score (nSPS) is 18.9. The first kappa shape index (κ1) is 14.3. The number of non-ortho nitro benzene ring substituents is 1. The van der Waals surface area contributed by atoms with E-state index in [-0.39, 0.29) is 5.69 Å². The number of hydrogen-bond acceptors (Lipinski definition) is 5. The summed E-state index contributed by atoms with van der Waals surface area (Å²) in [6, 6.07) is 5.42. The number of hydrogen-bond donors (Lipinski definition) is 1. The lowest BCUT2D eigenvalue weighted by atomic mass is 10.2. The van der Waals surface area contributed by atoms with Crippen molar-refractivity contribution >= 4 is 11.7 Å². The van der Waals surface area contributed by atoms with Crippen LogP contribution in [0.1, 0.15) is 12.8 Å². The average molecular weight is 280 g/mol. The van der Waals surface area contributed by atoms with Crippen molar-refractivity contribution < 1.29 is 19.6 Å². The molecule has 1 aromatic carbocycles. The van der Waals surface area contributed by atoms with E-state index >= 15 is 0 Å². The molecule has 1 heterocycles. The Labute approximate surface area is 115 Å². The smallest absolute Gasteiger partial charge is 0.320 e. The van der Waals surface area contributed by atoms with Crippen LogP contribution in [-0.4, -0.2) is 46.6 Å². The van der Waals surface area contributed by atoms with E-state index in [1.807, 2.05) is 4.90 Å². The number of aliphatic carboxylic acids is 1. The minimum Gasteiger partial charge on any atom is -0.492 e. The van der Waals surface area contributed by atoms with Crippen LogP contribution in [0.25, 0.3) is 0 Å². The molecule has 1 aliphatic heterocycles. The van der Waals surface area contributed by atoms with Crippen molar-refractivity contribution in [1.82, 2.24) is 4.90 Å². The molecule has 0 radical (unpaired) electrons. The predicted octanol–water partition coefficient (Wildman–Crippen LogP) is 1.52. The van der Waals surface area contributed by atoms with Gasteiger partial charge in [-0.2, -0.15) is 0 Å². The number of carboxylic acid groups (broad SMARTS) is 1. The van der Waals surface area contributed by atoms with E-state index in [1.165, 1.54) is 24.3 Å². The van der Waals surface area contributed by atoms with Gasteiger partial charge in [0, 0.05) is 18.7 Å². The van der Waals surface area contributed by atoms with Crippen molar-refractivity contribution in [1.29, 1.82) is 0 Å². The van der Waals surface area contributed by atoms with E-state index < -0.39 is 16.9 Å². The fourth-order valence-corrected chi connectivity index (χ4v) is 2.32. The van der Waals surface area contributed by atoms with Gasteiger partial charge in [0.2, 0.25) is 0 Å². The van der Waals surface area contributed by atoms with Gasteiger partial charge in [0.15, 0.2) is 0 Å². The number of nitro benzene ring substituents is 1. The quantitative estimate of drug-likeness (QED) is 0.627. The first-order chi connectivity index (χ1) is 9.58. The summed E-state index contributed by atoms with van der Waals surface area (Å²) >= 11 is 0. The zero-order chi connectivity index (χ0) is 14.5. The number of carboxylic acids is 1. The van der Waals surface area contributed by atoms with Crippen LogP contribution in [0.2, 0.25) is 0 Å². The monoisotopic (exact) mass is 280 g/mol. The van der Waals surface area contributed by atoms with E-state index in [9.17, 15) is 14.9 Å². The first-order valence-corrected chi connectivity index (χ1v) is 6.42. The third-order valence-electron chi connectivity index (χ3n) is 3.34. The lowest BCUT2D eigenvalue weighted by molar-refractivity contribution is -0.384. The molecule has 2 rings (SSSR count). The Bertz CT molecular complexity index is 488. The minimum atomic E-state index is -0.794. The molecule has 0 unspecified atom stereocenters. The zero-order valence-corrected chi connectivity index (χ0v) is 10.9. The molecule has 7 nitrogen and oxygen atoms in total. The van der Waals surface area contributed by atoms with E-state index in [1.54, 1.807) is 0 Å². The van der Waals surface area contributed by atoms with Gasteiger partial charge in [-0.1, -0.05) is 0 Å². The van der Waals surface area contributed by atoms with Crippen LogP contribution in [-0.2, 0) is 4.79 Å². The Kier molecular flexibility index (Phi) is 4.52. The minimum absolute atomic E-state index is 0.0165. The summed E-state index contributed by atoms with van der Waals surface area (Å²) in [5, 5.41) is 19.5. The van der Waals surface area contributed by atoms with Crippen LogP contribution in [0.4, 0.5) is 5.69 Å². The summed E-state index contributed by atoms with van der Waals surface area (Å²) in [5.74, 6) is -0.250. The summed E-state index contributed by atoms with van der Waals surface area (Å²) in [6.07, 6.45) is 1.56. The molecule has 20 heavy (non-hydrogen) atoms. The highest BCUT2D eigenvalue weighted by Crippen LogP contribution is 2.19. The molecule has 1 aromatic rings. The second-order valence-corrected chi connectivity index (χ2v) is 4.63. The largest absolute Gasteiger partial charge is 0.492 e. The summed E-state index contributed by atoms with van der Waals surface area (Å²) in [4.78, 5) is 22.9. The van der Waals surface area contributed by atoms with Crippen LogP contribution >= 0.6 is 0 Å². The number of rotatable bonds is 6. The number of nitrogens with zero attached hydrogens (tertiary/aromatic N) is 2. The molecule has 108 valence electrons. The van der Waals surface area contributed by atoms with Crippen molar-refractivity contribution in [3.05, 3.63) is 34.4 Å². The van der Waals surface area contributed by atoms with Crippen molar-refractivity contribution in [3.63, 3.8) is 0 Å². The molecule has 0 saturated carbocycles. The molecule has 0 amide bonds. The summed E-state index contributed by atoms with van der Waals surface area (Å²) in [6.45, 7) is 1.66. The molecule has 7 heteroatoms. The van der Waals surface area contributed by atoms with Crippen LogP contribution in [0.15, 0.2) is 24.3 Å². The Hall–Kier alpha value is -2.15. The van der Waals surface area contributed by atoms with Gasteiger partial charge in [-0.15, -0.1) is 0 Å². The van der Waals surface area contributed by atoms with Gasteiger partial charge >= 0.3 is 5.97 Å². The van der Waals surface area contributed by atoms with Gasteiger partial charge in [0.1, 0.15) is 18.4 Å². The van der Waals surface area contributed by atoms with Crippen molar-refractivity contribution in [2.24, 2.45) is 0 Å². The third kappa shape index (κ3) is 3.45. The van der Waals surface area contributed by atoms with Gasteiger partial charge in [0.05, 0.1) is 4.92 Å². The molecule has 1 saturated heterocycles. The first-order valence-electron chi connectivity index (χ1n) is 6.42. The lowest BCUT2D eigenvalue weighted by Crippen LogP contribution is -2.38. The van der Waals surface area contributed by atoms with Gasteiger partial charge in [-0.05, 0) is 31.5 Å². The fraction of sp³-hybridized carbons (Fsp3) is 0.462. The standard InChI is InChI=1S/C13H16N2O5/c16-13(17)12-2-1-7-14(12)8-9-20-11-5-3-10(4-6-11)15(18)19/h3-6,12H,1-2,7-9H2,(H,16,17)/t12-/m0/s1. The van der Waals surface area contributed by atoms with Crippen LogP contribution in [0.5, 0.6) is 5.75 Å². The number of ether oxygens (including phenoxy) is 1. The molecule has 1 aliphatic rings. The van der Waals surface area contributed by atoms with Crippen molar-refractivity contribution in [2.45, 2.75) is 18.9 Å². The fourth-order valence-electron chi connectivity index (χ4n) is 2.32. The SMILES string of the molecule is O=C(O)[C@@H]1CCCN1CCOc1ccc([N+](=O)[O-])cc1. The van der Waals surface area contributed by atoms with Crippen molar-refractivity contribution in [2.75, 3.05) is 19.7 Å². The molecule has 0 aliphatic carbocycles. The van der Waals surface area contributed by atoms with E-state index in [0.717, 1.165) is 13.0 Å². The molecule has 0 aromatic heterocycles. The van der Waals surface area contributed by atoms with Crippen LogP contribution in [0.3, 0.4) is 0 Å². The summed E-state index contributed by atoms with van der Waals surface area (Å²) in [7, 11) is 0. The molecule has 1 fully saturated rings. The topological polar surface area (TPSA) is 92.9 Å². The number of carbonyl (C=O) groups is 1. The zero-order valence-electron chi connectivity index (χ0n) is 10.9. The predicted molar refractivity (Wildman–Crippen MR) is 70.8 cm³/mol. The average Bonchev–Trinajstić information content (AvgIpc) is 2.88. The Morgan fingerprint density at radius 2 is 2.15 bits per heavy atom. The Balaban J connectivity index is 1.81. The summed E-state index contributed by atoms with van der Waals surface area (Å²) < 4.78 is 5.47. The second-order valence-electron chi connectivity index (χ2n) is 4.63. The van der Waals surface area contributed by atoms with Gasteiger partial charge in [-0.3, -0.25) is 19.8 Å². The molecular weight excluding hydrogens is 264 g/mol. The van der Waals surface area contributed by atoms with E-state index in [0.29, 0.717) is 25.3 Å². The lowest BCUT2D eigenvalue weighted by Gasteiger charge is -2.20. The summed E-state index contributed by atoms with van der Waals surface area (Å²) in [5.41, 5.74) is 0.0165. The second kappa shape index (κ2) is 6.33. The van der Waals surface area contributed by atoms with E-state index in [2.05, 4.69) is 0 Å². The highest BCUT2D eigenvalue weighted by molar-refractivity contribution is 5.73. The maximum Gasteiger partial charge on any atom is 0.320 e. The molecule has 0 bridgehead atoms. The number of nitro groups is 1. The Morgan fingerprint density at radius 1 is 1.45 bits per heavy atom. The van der Waals surface area contributed by atoms with Gasteiger partial charge < -0.3 is 9.84 Å². The molecule has 1 atom stereocenters. The molecule has 1 N–H and O–H groups in total. The van der Waals surface area contributed by atoms with Crippen LogP contribution < -0.4 is 4.74 Å². The molecule has 0 spiro atoms. The molecular formula is C13H16N2O5. The Morgan fingerprint density at radius 3 is 2.75 bits per heavy atom. The van der Waals surface area contributed by atoms with E-state index in [4.69, 9.17) is 9.84 Å². The maximum absolute atomic E-state index is 11.0. The highest BCUT2D eigenvalue weighted by Gasteiger charge is 2.29. The van der Waals surface area contributed by atoms with Gasteiger partial charge in [0.25, 0.3) is 5.69 Å².